The number of carbonyl (C=O) groups excluding carboxylic acids is 1. The molecule has 0 aromatic carbocycles. The van der Waals surface area contributed by atoms with Gasteiger partial charge in [-0.05, 0) is 0 Å². The average Bonchev–Trinajstić information content (AvgIpc) is 2.17. The summed E-state index contributed by atoms with van der Waals surface area (Å²) in [5.74, 6) is -1.05. The Labute approximate surface area is 61.6 Å². The molecule has 1 fully saturated rings. The fourth-order valence-electron chi connectivity index (χ4n) is 0.830. The summed E-state index contributed by atoms with van der Waals surface area (Å²) in [6, 6.07) is 0. The zero-order chi connectivity index (χ0) is 8.59. The molecule has 0 saturated carbocycles. The number of rotatable bonds is 1. The molecule has 1 heterocycles. The van der Waals surface area contributed by atoms with Crippen molar-refractivity contribution in [1.82, 2.24) is 0 Å². The van der Waals surface area contributed by atoms with E-state index in [1.165, 1.54) is 0 Å². The molecule has 64 valence electrons. The summed E-state index contributed by atoms with van der Waals surface area (Å²) in [6.07, 6.45) is -6.66. The van der Waals surface area contributed by atoms with E-state index >= 15 is 0 Å². The van der Waals surface area contributed by atoms with Crippen molar-refractivity contribution in [1.29, 1.82) is 0 Å². The molecule has 11 heavy (non-hydrogen) atoms. The molecule has 1 aliphatic heterocycles. The highest BCUT2D eigenvalue weighted by Gasteiger charge is 2.45. The van der Waals surface area contributed by atoms with E-state index in [-0.39, 0.29) is 0 Å². The van der Waals surface area contributed by atoms with Crippen molar-refractivity contribution >= 4 is 5.97 Å². The van der Waals surface area contributed by atoms with Crippen LogP contribution in [-0.4, -0.2) is 51.0 Å². The van der Waals surface area contributed by atoms with E-state index in [1.807, 2.05) is 0 Å². The van der Waals surface area contributed by atoms with Crippen LogP contribution in [0.5, 0.6) is 0 Å². The summed E-state index contributed by atoms with van der Waals surface area (Å²) < 4.78 is 4.21. The third-order valence-electron chi connectivity index (χ3n) is 1.45. The molecule has 6 heteroatoms. The van der Waals surface area contributed by atoms with Gasteiger partial charge < -0.3 is 25.2 Å². The van der Waals surface area contributed by atoms with Crippen LogP contribution >= 0.6 is 0 Å². The molecule has 4 N–H and O–H groups in total. The van der Waals surface area contributed by atoms with Gasteiger partial charge >= 0.3 is 5.97 Å². The number of hydrogen-bond acceptors (Lipinski definition) is 6. The Bertz CT molecular complexity index is 166. The van der Waals surface area contributed by atoms with Crippen LogP contribution in [0.15, 0.2) is 0 Å². The molecule has 0 spiro atoms. The molecule has 1 saturated heterocycles. The first-order valence-electron chi connectivity index (χ1n) is 2.97. The van der Waals surface area contributed by atoms with Gasteiger partial charge in [0.15, 0.2) is 18.5 Å². The molecular formula is C5H8O6. The minimum absolute atomic E-state index is 1.05. The van der Waals surface area contributed by atoms with Crippen molar-refractivity contribution in [3.05, 3.63) is 0 Å². The fourth-order valence-corrected chi connectivity index (χ4v) is 0.830. The van der Waals surface area contributed by atoms with Gasteiger partial charge in [-0.1, -0.05) is 0 Å². The molecule has 1 aliphatic rings. The highest BCUT2D eigenvalue weighted by atomic mass is 16.6. The molecule has 6 nitrogen and oxygen atoms in total. The molecule has 0 aliphatic carbocycles. The van der Waals surface area contributed by atoms with Crippen LogP contribution < -0.4 is 0 Å². The molecule has 0 radical (unpaired) electrons. The predicted octanol–water partition coefficient (Wildman–Crippen LogP) is -3.06. The van der Waals surface area contributed by atoms with Crippen LogP contribution in [0.2, 0.25) is 0 Å². The SMILES string of the molecule is O=C1OC(C(O)O)C(O)C1O. The highest BCUT2D eigenvalue weighted by Crippen LogP contribution is 2.17. The first-order valence-corrected chi connectivity index (χ1v) is 2.97. The minimum atomic E-state index is -1.97. The van der Waals surface area contributed by atoms with Gasteiger partial charge in [-0.25, -0.2) is 4.79 Å². The second-order valence-electron chi connectivity index (χ2n) is 2.25. The molecule has 0 aromatic heterocycles. The first kappa shape index (κ1) is 8.41. The minimum Gasteiger partial charge on any atom is -0.452 e. The van der Waals surface area contributed by atoms with Gasteiger partial charge in [0.1, 0.15) is 6.10 Å². The summed E-state index contributed by atoms with van der Waals surface area (Å²) in [7, 11) is 0. The van der Waals surface area contributed by atoms with E-state index < -0.39 is 30.6 Å². The van der Waals surface area contributed by atoms with Crippen molar-refractivity contribution in [2.75, 3.05) is 0 Å². The average molecular weight is 164 g/mol. The third-order valence-corrected chi connectivity index (χ3v) is 1.45. The highest BCUT2D eigenvalue weighted by molar-refractivity contribution is 5.77. The number of cyclic esters (lactones) is 1. The molecule has 3 atom stereocenters. The number of aliphatic hydroxyl groups excluding tert-OH is 3. The Hall–Kier alpha value is -0.690. The summed E-state index contributed by atoms with van der Waals surface area (Å²) >= 11 is 0. The fraction of sp³-hybridized carbons (Fsp3) is 0.800. The van der Waals surface area contributed by atoms with Gasteiger partial charge in [-0.3, -0.25) is 0 Å². The summed E-state index contributed by atoms with van der Waals surface area (Å²) in [5, 5.41) is 34.6. The van der Waals surface area contributed by atoms with Crippen LogP contribution in [0.3, 0.4) is 0 Å². The Morgan fingerprint density at radius 3 is 2.09 bits per heavy atom. The maximum atomic E-state index is 10.4. The molecule has 0 amide bonds. The maximum absolute atomic E-state index is 10.4. The van der Waals surface area contributed by atoms with E-state index in [4.69, 9.17) is 20.4 Å². The molecule has 0 bridgehead atoms. The van der Waals surface area contributed by atoms with Crippen molar-refractivity contribution in [2.45, 2.75) is 24.6 Å². The normalized spacial score (nSPS) is 37.9. The van der Waals surface area contributed by atoms with Crippen molar-refractivity contribution in [3.8, 4) is 0 Å². The lowest BCUT2D eigenvalue weighted by Gasteiger charge is -2.14. The summed E-state index contributed by atoms with van der Waals surface area (Å²) in [4.78, 5) is 10.4. The van der Waals surface area contributed by atoms with Gasteiger partial charge in [-0.2, -0.15) is 0 Å². The first-order chi connectivity index (χ1) is 5.04. The van der Waals surface area contributed by atoms with E-state index in [0.717, 1.165) is 0 Å². The smallest absolute Gasteiger partial charge is 0.338 e. The second-order valence-corrected chi connectivity index (χ2v) is 2.25. The van der Waals surface area contributed by atoms with Gasteiger partial charge in [-0.15, -0.1) is 0 Å². The number of ether oxygens (including phenoxy) is 1. The molecule has 1 rings (SSSR count). The van der Waals surface area contributed by atoms with Crippen molar-refractivity contribution < 1.29 is 30.0 Å². The Morgan fingerprint density at radius 1 is 1.36 bits per heavy atom. The lowest BCUT2D eigenvalue weighted by atomic mass is 10.1. The maximum Gasteiger partial charge on any atom is 0.338 e. The zero-order valence-corrected chi connectivity index (χ0v) is 5.41. The van der Waals surface area contributed by atoms with Crippen LogP contribution in [0, 0.1) is 0 Å². The lowest BCUT2D eigenvalue weighted by molar-refractivity contribution is -0.169. The Morgan fingerprint density at radius 2 is 1.91 bits per heavy atom. The predicted molar refractivity (Wildman–Crippen MR) is 30.1 cm³/mol. The quantitative estimate of drug-likeness (QED) is 0.242. The van der Waals surface area contributed by atoms with Crippen LogP contribution in [0.1, 0.15) is 0 Å². The summed E-state index contributed by atoms with van der Waals surface area (Å²) in [6.45, 7) is 0. The molecule has 3 unspecified atom stereocenters. The van der Waals surface area contributed by atoms with E-state index in [2.05, 4.69) is 4.74 Å². The van der Waals surface area contributed by atoms with E-state index in [9.17, 15) is 4.79 Å². The number of aliphatic hydroxyl groups is 4. The topological polar surface area (TPSA) is 107 Å². The third kappa shape index (κ3) is 1.33. The number of esters is 1. The monoisotopic (exact) mass is 164 g/mol. The van der Waals surface area contributed by atoms with Crippen molar-refractivity contribution in [2.24, 2.45) is 0 Å². The lowest BCUT2D eigenvalue weighted by Crippen LogP contribution is -2.38. The number of hydrogen-bond donors (Lipinski definition) is 4. The van der Waals surface area contributed by atoms with Crippen LogP contribution in [-0.2, 0) is 9.53 Å². The largest absolute Gasteiger partial charge is 0.452 e. The van der Waals surface area contributed by atoms with Crippen molar-refractivity contribution in [3.63, 3.8) is 0 Å². The van der Waals surface area contributed by atoms with Crippen LogP contribution in [0.25, 0.3) is 0 Å². The zero-order valence-electron chi connectivity index (χ0n) is 5.41. The van der Waals surface area contributed by atoms with E-state index in [1.54, 1.807) is 0 Å². The standard InChI is InChI=1S/C5H8O6/c6-1-2(7)5(10)11-3(1)4(8)9/h1-4,6-9H. The Balaban J connectivity index is 2.67. The van der Waals surface area contributed by atoms with Gasteiger partial charge in [0.2, 0.25) is 0 Å². The molecule has 0 aromatic rings. The summed E-state index contributed by atoms with van der Waals surface area (Å²) in [5.41, 5.74) is 0. The van der Waals surface area contributed by atoms with Crippen LogP contribution in [0.4, 0.5) is 0 Å². The van der Waals surface area contributed by atoms with Gasteiger partial charge in [0.25, 0.3) is 0 Å². The molecular weight excluding hydrogens is 156 g/mol. The van der Waals surface area contributed by atoms with Gasteiger partial charge in [0, 0.05) is 0 Å². The number of carbonyl (C=O) groups is 1. The van der Waals surface area contributed by atoms with E-state index in [0.29, 0.717) is 0 Å². The second kappa shape index (κ2) is 2.74. The Kier molecular flexibility index (Phi) is 2.10. The van der Waals surface area contributed by atoms with Gasteiger partial charge in [0.05, 0.1) is 0 Å².